The molecule has 0 bridgehead atoms. The van der Waals surface area contributed by atoms with Gasteiger partial charge in [-0.2, -0.15) is 0 Å². The smallest absolute Gasteiger partial charge is 0.408 e. The number of nitrogens with one attached hydrogen (secondary N) is 1. The van der Waals surface area contributed by atoms with Gasteiger partial charge in [-0.25, -0.2) is 9.59 Å². The van der Waals surface area contributed by atoms with Crippen molar-refractivity contribution in [3.8, 4) is 5.75 Å². The molecule has 1 aromatic carbocycles. The molecule has 1 amide bonds. The molecule has 0 radical (unpaired) electrons. The van der Waals surface area contributed by atoms with Gasteiger partial charge in [-0.3, -0.25) is 0 Å². The summed E-state index contributed by atoms with van der Waals surface area (Å²) in [4.78, 5) is 23.5. The summed E-state index contributed by atoms with van der Waals surface area (Å²) in [5.74, 6) is -0.504. The standard InChI is InChI=1S/C20H32ClNO5Si/c1-19(2,3)26-18(25)22-16(17(23)24)11-13-9-10-14(12-15(13)21)27-28(7,8)20(4,5)6/h9-10,12,16H,11H2,1-8H3,(H,22,25)(H,23,24). The first kappa shape index (κ1) is 24.3. The second-order valence-electron chi connectivity index (χ2n) is 9.36. The van der Waals surface area contributed by atoms with E-state index in [4.69, 9.17) is 20.8 Å². The Hall–Kier alpha value is -1.73. The van der Waals surface area contributed by atoms with Crippen molar-refractivity contribution in [3.63, 3.8) is 0 Å². The van der Waals surface area contributed by atoms with E-state index >= 15 is 0 Å². The lowest BCUT2D eigenvalue weighted by molar-refractivity contribution is -0.139. The average Bonchev–Trinajstić information content (AvgIpc) is 2.45. The van der Waals surface area contributed by atoms with Gasteiger partial charge in [0.15, 0.2) is 0 Å². The van der Waals surface area contributed by atoms with Crippen molar-refractivity contribution in [3.05, 3.63) is 28.8 Å². The first-order chi connectivity index (χ1) is 12.5. The molecule has 0 spiro atoms. The van der Waals surface area contributed by atoms with Gasteiger partial charge in [-0.1, -0.05) is 38.4 Å². The fourth-order valence-corrected chi connectivity index (χ4v) is 3.34. The van der Waals surface area contributed by atoms with Crippen LogP contribution in [0.2, 0.25) is 23.2 Å². The van der Waals surface area contributed by atoms with Crippen LogP contribution in [0, 0.1) is 0 Å². The van der Waals surface area contributed by atoms with E-state index in [1.165, 1.54) is 0 Å². The van der Waals surface area contributed by atoms with E-state index in [0.29, 0.717) is 16.3 Å². The number of benzene rings is 1. The minimum absolute atomic E-state index is 0.0355. The molecule has 0 aliphatic heterocycles. The number of carboxylic acids is 1. The van der Waals surface area contributed by atoms with Gasteiger partial charge in [0, 0.05) is 11.4 Å². The molecule has 0 aliphatic rings. The first-order valence-electron chi connectivity index (χ1n) is 9.21. The summed E-state index contributed by atoms with van der Waals surface area (Å²) >= 11 is 6.36. The third-order valence-electron chi connectivity index (χ3n) is 4.62. The summed E-state index contributed by atoms with van der Waals surface area (Å²) in [5, 5.41) is 12.3. The fraction of sp³-hybridized carbons (Fsp3) is 0.600. The van der Waals surface area contributed by atoms with Crippen LogP contribution in [0.1, 0.15) is 47.1 Å². The topological polar surface area (TPSA) is 84.9 Å². The molecule has 0 heterocycles. The van der Waals surface area contributed by atoms with E-state index in [1.54, 1.807) is 39.0 Å². The molecule has 0 saturated carbocycles. The predicted molar refractivity (Wildman–Crippen MR) is 114 cm³/mol. The molecule has 158 valence electrons. The van der Waals surface area contributed by atoms with Gasteiger partial charge in [-0.05, 0) is 56.6 Å². The van der Waals surface area contributed by atoms with Crippen LogP contribution < -0.4 is 9.74 Å². The van der Waals surface area contributed by atoms with Crippen LogP contribution in [0.5, 0.6) is 5.75 Å². The highest BCUT2D eigenvalue weighted by Crippen LogP contribution is 2.38. The van der Waals surface area contributed by atoms with E-state index in [2.05, 4.69) is 39.2 Å². The number of rotatable bonds is 6. The van der Waals surface area contributed by atoms with E-state index in [-0.39, 0.29) is 11.5 Å². The predicted octanol–water partition coefficient (Wildman–Crippen LogP) is 5.24. The van der Waals surface area contributed by atoms with Crippen molar-refractivity contribution >= 4 is 32.0 Å². The van der Waals surface area contributed by atoms with Gasteiger partial charge in [0.05, 0.1) is 0 Å². The summed E-state index contributed by atoms with van der Waals surface area (Å²) in [7, 11) is -2.01. The van der Waals surface area contributed by atoms with Crippen molar-refractivity contribution in [2.75, 3.05) is 0 Å². The Kier molecular flexibility index (Phi) is 7.58. The number of carboxylic acid groups (broad SMARTS) is 1. The molecule has 2 N–H and O–H groups in total. The van der Waals surface area contributed by atoms with Crippen LogP contribution in [-0.4, -0.2) is 37.1 Å². The van der Waals surface area contributed by atoms with E-state index in [0.717, 1.165) is 0 Å². The molecule has 1 rings (SSSR count). The quantitative estimate of drug-likeness (QED) is 0.603. The lowest BCUT2D eigenvalue weighted by Gasteiger charge is -2.36. The molecular formula is C20H32ClNO5Si. The number of hydrogen-bond donors (Lipinski definition) is 2. The highest BCUT2D eigenvalue weighted by atomic mass is 35.5. The van der Waals surface area contributed by atoms with Crippen LogP contribution >= 0.6 is 11.6 Å². The molecule has 1 unspecified atom stereocenters. The molecule has 0 saturated heterocycles. The summed E-state index contributed by atoms with van der Waals surface area (Å²) in [6.45, 7) is 15.8. The highest BCUT2D eigenvalue weighted by Gasteiger charge is 2.39. The Labute approximate surface area is 173 Å². The Morgan fingerprint density at radius 2 is 1.75 bits per heavy atom. The molecule has 0 aromatic heterocycles. The van der Waals surface area contributed by atoms with Crippen molar-refractivity contribution < 1.29 is 23.9 Å². The maximum Gasteiger partial charge on any atom is 0.408 e. The minimum Gasteiger partial charge on any atom is -0.543 e. The number of amides is 1. The number of halogens is 1. The van der Waals surface area contributed by atoms with E-state index < -0.39 is 32.0 Å². The van der Waals surface area contributed by atoms with Crippen molar-refractivity contribution in [1.29, 1.82) is 0 Å². The summed E-state index contributed by atoms with van der Waals surface area (Å²) in [5.41, 5.74) is -0.110. The van der Waals surface area contributed by atoms with Crippen LogP contribution in [-0.2, 0) is 16.0 Å². The summed E-state index contributed by atoms with van der Waals surface area (Å²) in [6, 6.07) is 4.06. The zero-order valence-corrected chi connectivity index (χ0v) is 19.7. The average molecular weight is 430 g/mol. The lowest BCUT2D eigenvalue weighted by Crippen LogP contribution is -2.44. The SMILES string of the molecule is CC(C)(C)OC(=O)NC(Cc1ccc(O[Si](C)(C)C(C)(C)C)cc1Cl)C(=O)O. The van der Waals surface area contributed by atoms with Crippen molar-refractivity contribution in [2.45, 2.75) is 77.7 Å². The number of aliphatic carboxylic acids is 1. The van der Waals surface area contributed by atoms with Gasteiger partial charge >= 0.3 is 12.1 Å². The number of carbonyl (C=O) groups excluding carboxylic acids is 1. The number of alkyl carbamates (subject to hydrolysis) is 1. The molecular weight excluding hydrogens is 398 g/mol. The van der Waals surface area contributed by atoms with E-state index in [9.17, 15) is 14.7 Å². The Morgan fingerprint density at radius 3 is 2.18 bits per heavy atom. The molecule has 8 heteroatoms. The number of carbonyl (C=O) groups is 2. The zero-order chi connectivity index (χ0) is 21.9. The summed E-state index contributed by atoms with van der Waals surface area (Å²) < 4.78 is 11.4. The van der Waals surface area contributed by atoms with Crippen molar-refractivity contribution in [2.24, 2.45) is 0 Å². The Balaban J connectivity index is 2.92. The van der Waals surface area contributed by atoms with Crippen molar-refractivity contribution in [1.82, 2.24) is 5.32 Å². The third kappa shape index (κ3) is 7.35. The molecule has 28 heavy (non-hydrogen) atoms. The Bertz CT molecular complexity index is 722. The first-order valence-corrected chi connectivity index (χ1v) is 12.5. The molecule has 6 nitrogen and oxygen atoms in total. The fourth-order valence-electron chi connectivity index (χ4n) is 2.07. The molecule has 1 aromatic rings. The third-order valence-corrected chi connectivity index (χ3v) is 9.33. The van der Waals surface area contributed by atoms with Crippen LogP contribution in [0.3, 0.4) is 0 Å². The number of hydrogen-bond acceptors (Lipinski definition) is 4. The van der Waals surface area contributed by atoms with Gasteiger partial charge in [0.2, 0.25) is 8.32 Å². The van der Waals surface area contributed by atoms with Crippen LogP contribution in [0.15, 0.2) is 18.2 Å². The van der Waals surface area contributed by atoms with Gasteiger partial charge < -0.3 is 19.6 Å². The molecule has 1 atom stereocenters. The maximum atomic E-state index is 11.9. The molecule has 0 aliphatic carbocycles. The van der Waals surface area contributed by atoms with Gasteiger partial charge in [-0.15, -0.1) is 0 Å². The molecule has 0 fully saturated rings. The lowest BCUT2D eigenvalue weighted by atomic mass is 10.1. The van der Waals surface area contributed by atoms with Crippen LogP contribution in [0.4, 0.5) is 4.79 Å². The maximum absolute atomic E-state index is 11.9. The van der Waals surface area contributed by atoms with Crippen LogP contribution in [0.25, 0.3) is 0 Å². The second kappa shape index (κ2) is 8.74. The largest absolute Gasteiger partial charge is 0.543 e. The van der Waals surface area contributed by atoms with Gasteiger partial charge in [0.1, 0.15) is 17.4 Å². The highest BCUT2D eigenvalue weighted by molar-refractivity contribution is 6.74. The zero-order valence-electron chi connectivity index (χ0n) is 18.0. The number of ether oxygens (including phenoxy) is 1. The Morgan fingerprint density at radius 1 is 1.18 bits per heavy atom. The summed E-state index contributed by atoms with van der Waals surface area (Å²) in [6.07, 6.45) is -0.748. The monoisotopic (exact) mass is 429 g/mol. The normalized spacial score (nSPS) is 13.6. The van der Waals surface area contributed by atoms with E-state index in [1.807, 2.05) is 0 Å². The van der Waals surface area contributed by atoms with Gasteiger partial charge in [0.25, 0.3) is 0 Å². The second-order valence-corrected chi connectivity index (χ2v) is 14.5. The minimum atomic E-state index is -2.01.